The minimum absolute atomic E-state index is 0.604. The number of aromatic nitrogens is 2. The molecule has 5 heteroatoms. The van der Waals surface area contributed by atoms with Crippen LogP contribution in [0.4, 0.5) is 17.1 Å². The molecule has 1 aliphatic heterocycles. The molecule has 0 unspecified atom stereocenters. The van der Waals surface area contributed by atoms with Crippen molar-refractivity contribution in [2.45, 2.75) is 12.3 Å². The summed E-state index contributed by atoms with van der Waals surface area (Å²) in [6.45, 7) is 2.02. The van der Waals surface area contributed by atoms with Crippen molar-refractivity contribution in [3.63, 3.8) is 0 Å². The standard InChI is InChI=1S/C58H42N3OP/c1-2-3-7-21-41-22-20-23-43(40-41)55-54-48-30-14-15-31-49(48)58(50-32-16-18-34-52(50)61(44-24-8-4-9-25-44)53-35-19-17-33-51(53)58)56(54)60-57(59-55)42-36-38-47(39-37-42)63(62,45-26-10-5-11-27-45)46-28-12-6-13-29-46/h2-40H,1H3/b3-2-,21-7-. The fourth-order valence-electron chi connectivity index (χ4n) is 9.74. The average molecular weight is 828 g/mol. The van der Waals surface area contributed by atoms with Gasteiger partial charge in [0.25, 0.3) is 0 Å². The molecule has 1 aromatic heterocycles. The lowest BCUT2D eigenvalue weighted by Gasteiger charge is -2.44. The lowest BCUT2D eigenvalue weighted by atomic mass is 9.66. The molecule has 0 fully saturated rings. The van der Waals surface area contributed by atoms with E-state index in [9.17, 15) is 0 Å². The van der Waals surface area contributed by atoms with E-state index in [4.69, 9.17) is 9.97 Å². The zero-order valence-electron chi connectivity index (χ0n) is 34.7. The summed E-state index contributed by atoms with van der Waals surface area (Å²) in [7, 11) is -3.20. The van der Waals surface area contributed by atoms with Crippen molar-refractivity contribution in [2.24, 2.45) is 0 Å². The predicted molar refractivity (Wildman–Crippen MR) is 262 cm³/mol. The number of fused-ring (bicyclic) bond motifs is 9. The van der Waals surface area contributed by atoms with Crippen LogP contribution in [-0.2, 0) is 9.98 Å². The third-order valence-corrected chi connectivity index (χ3v) is 15.5. The zero-order chi connectivity index (χ0) is 42.4. The number of nitrogens with zero attached hydrogens (tertiary/aromatic N) is 3. The summed E-state index contributed by atoms with van der Waals surface area (Å²) >= 11 is 0. The number of allylic oxidation sites excluding steroid dienone is 3. The molecule has 0 saturated heterocycles. The van der Waals surface area contributed by atoms with Gasteiger partial charge in [-0.15, -0.1) is 0 Å². The molecule has 0 bridgehead atoms. The fraction of sp³-hybridized carbons (Fsp3) is 0.0345. The highest BCUT2D eigenvalue weighted by atomic mass is 31.2. The lowest BCUT2D eigenvalue weighted by Crippen LogP contribution is -2.37. The first-order chi connectivity index (χ1) is 31.1. The number of hydrogen-bond acceptors (Lipinski definition) is 4. The van der Waals surface area contributed by atoms with E-state index in [0.29, 0.717) is 5.82 Å². The van der Waals surface area contributed by atoms with Gasteiger partial charge in [-0.05, 0) is 65.1 Å². The fourth-order valence-corrected chi connectivity index (χ4v) is 12.4. The summed E-state index contributed by atoms with van der Waals surface area (Å²) in [6, 6.07) is 73.4. The van der Waals surface area contributed by atoms with E-state index < -0.39 is 12.6 Å². The molecule has 63 heavy (non-hydrogen) atoms. The third kappa shape index (κ3) is 6.09. The molecule has 2 heterocycles. The maximum Gasteiger partial charge on any atom is 0.171 e. The Morgan fingerprint density at radius 1 is 0.508 bits per heavy atom. The smallest absolute Gasteiger partial charge is 0.171 e. The molecular weight excluding hydrogens is 786 g/mol. The van der Waals surface area contributed by atoms with Gasteiger partial charge >= 0.3 is 0 Å². The Bertz CT molecular complexity index is 3180. The van der Waals surface area contributed by atoms with Crippen LogP contribution in [0.1, 0.15) is 34.9 Å². The van der Waals surface area contributed by atoms with Crippen LogP contribution in [0.5, 0.6) is 0 Å². The van der Waals surface area contributed by atoms with Gasteiger partial charge in [0, 0.05) is 38.3 Å². The summed E-state index contributed by atoms with van der Waals surface area (Å²) in [5, 5.41) is 2.34. The van der Waals surface area contributed by atoms with Crippen molar-refractivity contribution >= 4 is 46.2 Å². The number of hydrogen-bond donors (Lipinski definition) is 0. The van der Waals surface area contributed by atoms with Crippen LogP contribution in [0.25, 0.3) is 39.8 Å². The van der Waals surface area contributed by atoms with Gasteiger partial charge in [-0.1, -0.05) is 206 Å². The van der Waals surface area contributed by atoms with Crippen molar-refractivity contribution in [1.29, 1.82) is 0 Å². The van der Waals surface area contributed by atoms with Crippen molar-refractivity contribution in [2.75, 3.05) is 4.90 Å². The van der Waals surface area contributed by atoms with Crippen LogP contribution in [-0.4, -0.2) is 9.97 Å². The Kier molecular flexibility index (Phi) is 9.52. The first kappa shape index (κ1) is 38.3. The van der Waals surface area contributed by atoms with Gasteiger partial charge in [-0.25, -0.2) is 9.97 Å². The minimum Gasteiger partial charge on any atom is -0.310 e. The molecule has 4 nitrogen and oxygen atoms in total. The SMILES string of the molecule is C/C=C\C=C/c1cccc(-c2nc(-c3ccc(P(=O)(c4ccccc4)c4ccccc4)cc3)nc3c2-c2ccccc2C32c3ccccc3N(c3ccccc3)c3ccccc32)c1. The Balaban J connectivity index is 1.19. The van der Waals surface area contributed by atoms with Gasteiger partial charge in [-0.2, -0.15) is 0 Å². The molecular formula is C58H42N3OP. The normalized spacial score (nSPS) is 13.5. The number of benzene rings is 8. The molecule has 0 amide bonds. The molecule has 11 rings (SSSR count). The largest absolute Gasteiger partial charge is 0.310 e. The van der Waals surface area contributed by atoms with Gasteiger partial charge in [-0.3, -0.25) is 0 Å². The molecule has 0 radical (unpaired) electrons. The van der Waals surface area contributed by atoms with Crippen LogP contribution in [0.15, 0.2) is 231 Å². The van der Waals surface area contributed by atoms with E-state index >= 15 is 4.57 Å². The van der Waals surface area contributed by atoms with E-state index in [1.54, 1.807) is 0 Å². The highest BCUT2D eigenvalue weighted by Gasteiger charge is 2.54. The Hall–Kier alpha value is -7.65. The van der Waals surface area contributed by atoms with Crippen LogP contribution in [0.2, 0.25) is 0 Å². The Labute approximate surface area is 368 Å². The molecule has 0 N–H and O–H groups in total. The Morgan fingerprint density at radius 3 is 1.70 bits per heavy atom. The maximum atomic E-state index is 15.4. The van der Waals surface area contributed by atoms with E-state index in [-0.39, 0.29) is 0 Å². The van der Waals surface area contributed by atoms with E-state index in [2.05, 4.69) is 144 Å². The van der Waals surface area contributed by atoms with Gasteiger partial charge in [0.2, 0.25) is 0 Å². The lowest BCUT2D eigenvalue weighted by molar-refractivity contribution is 0.592. The van der Waals surface area contributed by atoms with Crippen LogP contribution in [0.3, 0.4) is 0 Å². The van der Waals surface area contributed by atoms with Crippen molar-refractivity contribution < 1.29 is 4.57 Å². The molecule has 1 aliphatic carbocycles. The first-order valence-electron chi connectivity index (χ1n) is 21.4. The molecule has 8 aromatic carbocycles. The molecule has 0 saturated carbocycles. The highest BCUT2D eigenvalue weighted by molar-refractivity contribution is 7.85. The topological polar surface area (TPSA) is 46.1 Å². The molecule has 0 atom stereocenters. The van der Waals surface area contributed by atoms with Gasteiger partial charge in [0.05, 0.1) is 28.2 Å². The van der Waals surface area contributed by atoms with E-state index in [1.807, 2.05) is 104 Å². The second kappa shape index (κ2) is 15.7. The minimum atomic E-state index is -3.20. The highest BCUT2D eigenvalue weighted by Crippen LogP contribution is 2.64. The summed E-state index contributed by atoms with van der Waals surface area (Å²) < 4.78 is 15.4. The van der Waals surface area contributed by atoms with Crippen LogP contribution >= 0.6 is 7.14 Å². The van der Waals surface area contributed by atoms with Gasteiger partial charge in [0.15, 0.2) is 13.0 Å². The first-order valence-corrected chi connectivity index (χ1v) is 23.1. The third-order valence-electron chi connectivity index (χ3n) is 12.5. The predicted octanol–water partition coefficient (Wildman–Crippen LogP) is 13.2. The van der Waals surface area contributed by atoms with E-state index in [1.165, 1.54) is 5.56 Å². The molecule has 9 aromatic rings. The summed E-state index contributed by atoms with van der Waals surface area (Å²) in [5.41, 5.74) is 12.9. The average Bonchev–Trinajstić information content (AvgIpc) is 3.65. The number of rotatable bonds is 8. The quantitative estimate of drug-likeness (QED) is 0.113. The van der Waals surface area contributed by atoms with Gasteiger partial charge in [0.1, 0.15) is 0 Å². The monoisotopic (exact) mass is 827 g/mol. The van der Waals surface area contributed by atoms with Crippen LogP contribution in [0, 0.1) is 0 Å². The Morgan fingerprint density at radius 2 is 1.06 bits per heavy atom. The molecule has 2 aliphatic rings. The number of anilines is 3. The summed E-state index contributed by atoms with van der Waals surface area (Å²) in [4.78, 5) is 13.7. The van der Waals surface area contributed by atoms with Gasteiger partial charge < -0.3 is 9.46 Å². The second-order valence-electron chi connectivity index (χ2n) is 16.0. The van der Waals surface area contributed by atoms with Crippen molar-refractivity contribution in [3.05, 3.63) is 258 Å². The summed E-state index contributed by atoms with van der Waals surface area (Å²) in [5.74, 6) is 0.604. The van der Waals surface area contributed by atoms with Crippen molar-refractivity contribution in [3.8, 4) is 33.8 Å². The molecule has 300 valence electrons. The van der Waals surface area contributed by atoms with Crippen LogP contribution < -0.4 is 20.8 Å². The molecule has 1 spiro atoms. The second-order valence-corrected chi connectivity index (χ2v) is 18.7. The summed E-state index contributed by atoms with van der Waals surface area (Å²) in [6.07, 6.45) is 8.27. The number of para-hydroxylation sites is 3. The maximum absolute atomic E-state index is 15.4. The van der Waals surface area contributed by atoms with E-state index in [0.717, 1.165) is 83.3 Å². The van der Waals surface area contributed by atoms with Crippen molar-refractivity contribution in [1.82, 2.24) is 9.97 Å². The zero-order valence-corrected chi connectivity index (χ0v) is 35.6.